The van der Waals surface area contributed by atoms with E-state index in [1.54, 1.807) is 13.2 Å². The molecule has 0 saturated heterocycles. The molecule has 3 heteroatoms. The first-order valence-corrected chi connectivity index (χ1v) is 7.45. The maximum Gasteiger partial charge on any atom is 0.161 e. The van der Waals surface area contributed by atoms with Crippen molar-refractivity contribution in [3.05, 3.63) is 42.0 Å². The Bertz CT molecular complexity index is 480. The minimum atomic E-state index is 0.368. The summed E-state index contributed by atoms with van der Waals surface area (Å²) < 4.78 is 10.9. The Morgan fingerprint density at radius 3 is 2.76 bits per heavy atom. The van der Waals surface area contributed by atoms with Crippen LogP contribution >= 0.6 is 0 Å². The second-order valence-electron chi connectivity index (χ2n) is 5.07. The minimum Gasteiger partial charge on any atom is -0.493 e. The summed E-state index contributed by atoms with van der Waals surface area (Å²) in [6, 6.07) is 6.34. The Labute approximate surface area is 128 Å². The Hall–Kier alpha value is -1.74. The van der Waals surface area contributed by atoms with E-state index >= 15 is 0 Å². The van der Waals surface area contributed by atoms with Crippen LogP contribution in [0.15, 0.2) is 36.4 Å². The van der Waals surface area contributed by atoms with Gasteiger partial charge in [-0.1, -0.05) is 37.3 Å². The normalized spacial score (nSPS) is 12.9. The van der Waals surface area contributed by atoms with E-state index in [-0.39, 0.29) is 0 Å². The highest BCUT2D eigenvalue weighted by atomic mass is 16.5. The molecule has 116 valence electrons. The molecule has 0 spiro atoms. The predicted octanol–water partition coefficient (Wildman–Crippen LogP) is 4.05. The van der Waals surface area contributed by atoms with Crippen LogP contribution in [0.5, 0.6) is 11.5 Å². The molecular weight excluding hydrogens is 262 g/mol. The molecule has 0 aromatic heterocycles. The summed E-state index contributed by atoms with van der Waals surface area (Å²) in [5, 5.41) is 3.48. The van der Waals surface area contributed by atoms with E-state index in [0.29, 0.717) is 12.6 Å². The van der Waals surface area contributed by atoms with Crippen molar-refractivity contribution in [3.63, 3.8) is 0 Å². The molecule has 0 amide bonds. The SMILES string of the molecule is C=CCOc1ccc(/C=C(\C)C(C)NCCC)cc1OC. The van der Waals surface area contributed by atoms with E-state index in [4.69, 9.17) is 9.47 Å². The van der Waals surface area contributed by atoms with Gasteiger partial charge < -0.3 is 14.8 Å². The fourth-order valence-corrected chi connectivity index (χ4v) is 1.95. The first-order valence-electron chi connectivity index (χ1n) is 7.45. The van der Waals surface area contributed by atoms with Crippen LogP contribution in [0, 0.1) is 0 Å². The number of ether oxygens (including phenoxy) is 2. The second-order valence-corrected chi connectivity index (χ2v) is 5.07. The van der Waals surface area contributed by atoms with Gasteiger partial charge in [0.15, 0.2) is 11.5 Å². The lowest BCUT2D eigenvalue weighted by molar-refractivity contribution is 0.326. The van der Waals surface area contributed by atoms with Gasteiger partial charge in [0, 0.05) is 6.04 Å². The van der Waals surface area contributed by atoms with Gasteiger partial charge in [0.05, 0.1) is 7.11 Å². The van der Waals surface area contributed by atoms with Crippen molar-refractivity contribution >= 4 is 6.08 Å². The molecule has 1 rings (SSSR count). The fourth-order valence-electron chi connectivity index (χ4n) is 1.95. The zero-order valence-corrected chi connectivity index (χ0v) is 13.6. The first kappa shape index (κ1) is 17.3. The lowest BCUT2D eigenvalue weighted by Crippen LogP contribution is -2.27. The topological polar surface area (TPSA) is 30.5 Å². The monoisotopic (exact) mass is 289 g/mol. The highest BCUT2D eigenvalue weighted by Gasteiger charge is 2.06. The average molecular weight is 289 g/mol. The molecule has 1 aromatic carbocycles. The predicted molar refractivity (Wildman–Crippen MR) is 90.1 cm³/mol. The first-order chi connectivity index (χ1) is 10.1. The van der Waals surface area contributed by atoms with E-state index in [0.717, 1.165) is 30.0 Å². The average Bonchev–Trinajstić information content (AvgIpc) is 2.50. The van der Waals surface area contributed by atoms with E-state index in [2.05, 4.69) is 38.7 Å². The summed E-state index contributed by atoms with van der Waals surface area (Å²) in [4.78, 5) is 0. The molecule has 21 heavy (non-hydrogen) atoms. The Kier molecular flexibility index (Phi) is 7.62. The maximum absolute atomic E-state index is 5.56. The Morgan fingerprint density at radius 2 is 2.14 bits per heavy atom. The Morgan fingerprint density at radius 1 is 1.38 bits per heavy atom. The van der Waals surface area contributed by atoms with Crippen molar-refractivity contribution in [1.29, 1.82) is 0 Å². The number of nitrogens with one attached hydrogen (secondary N) is 1. The van der Waals surface area contributed by atoms with Gasteiger partial charge in [-0.15, -0.1) is 0 Å². The molecule has 0 aliphatic carbocycles. The van der Waals surface area contributed by atoms with Crippen LogP contribution < -0.4 is 14.8 Å². The largest absolute Gasteiger partial charge is 0.493 e. The number of methoxy groups -OCH3 is 1. The van der Waals surface area contributed by atoms with Gasteiger partial charge in [0.2, 0.25) is 0 Å². The summed E-state index contributed by atoms with van der Waals surface area (Å²) in [6.07, 6.45) is 5.03. The van der Waals surface area contributed by atoms with E-state index in [1.165, 1.54) is 5.57 Å². The van der Waals surface area contributed by atoms with Crippen LogP contribution in [0.4, 0.5) is 0 Å². The maximum atomic E-state index is 5.56. The molecular formula is C18H27NO2. The molecule has 0 aliphatic heterocycles. The van der Waals surface area contributed by atoms with Gasteiger partial charge in [-0.25, -0.2) is 0 Å². The molecule has 1 aromatic rings. The highest BCUT2D eigenvalue weighted by Crippen LogP contribution is 2.29. The molecule has 0 bridgehead atoms. The molecule has 0 radical (unpaired) electrons. The molecule has 0 saturated carbocycles. The van der Waals surface area contributed by atoms with Gasteiger partial charge in [-0.2, -0.15) is 0 Å². The number of benzene rings is 1. The standard InChI is InChI=1S/C18H27NO2/c1-6-10-19-15(4)14(3)12-16-8-9-17(21-11-7-2)18(13-16)20-5/h7-9,12-13,15,19H,2,6,10-11H2,1,3-5H3/b14-12+. The number of hydrogen-bond donors (Lipinski definition) is 1. The number of hydrogen-bond acceptors (Lipinski definition) is 3. The highest BCUT2D eigenvalue weighted by molar-refractivity contribution is 5.58. The molecule has 1 unspecified atom stereocenters. The van der Waals surface area contributed by atoms with Gasteiger partial charge >= 0.3 is 0 Å². The smallest absolute Gasteiger partial charge is 0.161 e. The van der Waals surface area contributed by atoms with Crippen LogP contribution in [0.3, 0.4) is 0 Å². The van der Waals surface area contributed by atoms with Crippen molar-refractivity contribution in [2.45, 2.75) is 33.2 Å². The van der Waals surface area contributed by atoms with E-state index in [9.17, 15) is 0 Å². The van der Waals surface area contributed by atoms with Gasteiger partial charge in [0.25, 0.3) is 0 Å². The second kappa shape index (κ2) is 9.24. The molecule has 1 atom stereocenters. The molecule has 1 N–H and O–H groups in total. The van der Waals surface area contributed by atoms with Crippen LogP contribution in [-0.2, 0) is 0 Å². The van der Waals surface area contributed by atoms with Gasteiger partial charge in [-0.3, -0.25) is 0 Å². The third-order valence-electron chi connectivity index (χ3n) is 3.32. The lowest BCUT2D eigenvalue weighted by Gasteiger charge is -2.15. The molecule has 0 aliphatic rings. The summed E-state index contributed by atoms with van der Waals surface area (Å²) >= 11 is 0. The lowest BCUT2D eigenvalue weighted by atomic mass is 10.1. The van der Waals surface area contributed by atoms with Crippen molar-refractivity contribution < 1.29 is 9.47 Å². The van der Waals surface area contributed by atoms with Crippen LogP contribution in [0.1, 0.15) is 32.8 Å². The zero-order valence-electron chi connectivity index (χ0n) is 13.6. The third kappa shape index (κ3) is 5.64. The molecule has 0 heterocycles. The third-order valence-corrected chi connectivity index (χ3v) is 3.32. The Balaban J connectivity index is 2.85. The van der Waals surface area contributed by atoms with Crippen molar-refractivity contribution in [2.75, 3.05) is 20.3 Å². The van der Waals surface area contributed by atoms with Crippen LogP contribution in [-0.4, -0.2) is 26.3 Å². The van der Waals surface area contributed by atoms with Gasteiger partial charge in [0.1, 0.15) is 6.61 Å². The number of rotatable bonds is 9. The van der Waals surface area contributed by atoms with Crippen molar-refractivity contribution in [2.24, 2.45) is 0 Å². The molecule has 3 nitrogen and oxygen atoms in total. The summed E-state index contributed by atoms with van der Waals surface area (Å²) in [7, 11) is 1.65. The summed E-state index contributed by atoms with van der Waals surface area (Å²) in [5.74, 6) is 1.48. The summed E-state index contributed by atoms with van der Waals surface area (Å²) in [6.45, 7) is 11.7. The van der Waals surface area contributed by atoms with Crippen LogP contribution in [0.25, 0.3) is 6.08 Å². The zero-order chi connectivity index (χ0) is 15.7. The van der Waals surface area contributed by atoms with Crippen molar-refractivity contribution in [1.82, 2.24) is 5.32 Å². The van der Waals surface area contributed by atoms with Crippen LogP contribution in [0.2, 0.25) is 0 Å². The van der Waals surface area contributed by atoms with E-state index in [1.807, 2.05) is 18.2 Å². The quantitative estimate of drug-likeness (QED) is 0.696. The molecule has 0 fully saturated rings. The van der Waals surface area contributed by atoms with Gasteiger partial charge in [-0.05, 0) is 44.5 Å². The minimum absolute atomic E-state index is 0.368. The van der Waals surface area contributed by atoms with E-state index < -0.39 is 0 Å². The van der Waals surface area contributed by atoms with Crippen molar-refractivity contribution in [3.8, 4) is 11.5 Å². The summed E-state index contributed by atoms with van der Waals surface area (Å²) in [5.41, 5.74) is 2.41. The fraction of sp³-hybridized carbons (Fsp3) is 0.444.